The molecule has 1 unspecified atom stereocenters. The topological polar surface area (TPSA) is 38.7 Å². The Balaban J connectivity index is 1.17. The molecule has 3 nitrogen and oxygen atoms in total. The Morgan fingerprint density at radius 2 is 1.11 bits per heavy atom. The quantitative estimate of drug-likeness (QED) is 0.181. The summed E-state index contributed by atoms with van der Waals surface area (Å²) in [6, 6.07) is 63.4. The van der Waals surface area contributed by atoms with E-state index in [1.807, 2.05) is 42.2 Å². The van der Waals surface area contributed by atoms with Gasteiger partial charge in [0, 0.05) is 38.9 Å². The molecule has 0 saturated carbocycles. The van der Waals surface area contributed by atoms with E-state index >= 15 is 0 Å². The van der Waals surface area contributed by atoms with E-state index in [-0.39, 0.29) is 0 Å². The lowest BCUT2D eigenvalue weighted by Gasteiger charge is -2.43. The van der Waals surface area contributed by atoms with Crippen molar-refractivity contribution in [3.05, 3.63) is 222 Å². The Bertz CT molecular complexity index is 2990. The summed E-state index contributed by atoms with van der Waals surface area (Å²) in [6.45, 7) is 0. The maximum Gasteiger partial charge on any atom is 0.160 e. The fourth-order valence-corrected chi connectivity index (χ4v) is 9.99. The molecule has 0 bridgehead atoms. The zero-order chi connectivity index (χ0) is 37.1. The smallest absolute Gasteiger partial charge is 0.160 e. The molecular weight excluding hydrogens is 699 g/mol. The summed E-state index contributed by atoms with van der Waals surface area (Å²) >= 11 is 1.89. The summed E-state index contributed by atoms with van der Waals surface area (Å²) in [5.41, 5.74) is 13.9. The molecule has 2 aromatic heterocycles. The van der Waals surface area contributed by atoms with Crippen molar-refractivity contribution < 1.29 is 0 Å². The van der Waals surface area contributed by atoms with E-state index in [1.54, 1.807) is 6.20 Å². The molecule has 4 heteroatoms. The predicted octanol–water partition coefficient (Wildman–Crippen LogP) is 13.0. The van der Waals surface area contributed by atoms with Crippen molar-refractivity contribution in [2.75, 3.05) is 0 Å². The van der Waals surface area contributed by atoms with Gasteiger partial charge in [0.1, 0.15) is 0 Å². The molecule has 0 radical (unpaired) electrons. The van der Waals surface area contributed by atoms with E-state index in [0.717, 1.165) is 39.2 Å². The molecule has 1 spiro atoms. The minimum absolute atomic E-state index is 0.590. The van der Waals surface area contributed by atoms with Gasteiger partial charge in [-0.1, -0.05) is 176 Å². The number of pyridine rings is 1. The van der Waals surface area contributed by atoms with Crippen LogP contribution in [-0.2, 0) is 5.41 Å². The molecule has 56 heavy (non-hydrogen) atoms. The highest BCUT2D eigenvalue weighted by Gasteiger charge is 2.47. The second-order valence-electron chi connectivity index (χ2n) is 14.4. The van der Waals surface area contributed by atoms with Gasteiger partial charge in [0.2, 0.25) is 0 Å². The molecule has 2 aliphatic rings. The van der Waals surface area contributed by atoms with Crippen LogP contribution in [-0.4, -0.2) is 15.0 Å². The van der Waals surface area contributed by atoms with Crippen LogP contribution in [0.4, 0.5) is 0 Å². The SMILES string of the molecule is C1=Cc2ccc(-c3cc(-c4ccc(-c5cccnc5)cc4)nc(-c4ccccc4)n3)cc2C2(c3ccccc31)c1ccccc1Sc1c2ccc2ccccc12. The third-order valence-corrected chi connectivity index (χ3v) is 12.5. The van der Waals surface area contributed by atoms with Gasteiger partial charge in [-0.25, -0.2) is 9.97 Å². The Hall–Kier alpha value is -6.88. The number of rotatable bonds is 4. The van der Waals surface area contributed by atoms with Crippen LogP contribution in [0.5, 0.6) is 0 Å². The first kappa shape index (κ1) is 32.5. The van der Waals surface area contributed by atoms with Gasteiger partial charge in [0.25, 0.3) is 0 Å². The largest absolute Gasteiger partial charge is 0.264 e. The molecule has 1 aliphatic carbocycles. The lowest BCUT2D eigenvalue weighted by molar-refractivity contribution is 0.704. The fourth-order valence-electron chi connectivity index (χ4n) is 8.67. The van der Waals surface area contributed by atoms with Crippen LogP contribution in [0.2, 0.25) is 0 Å². The highest BCUT2D eigenvalue weighted by molar-refractivity contribution is 7.99. The normalized spacial score (nSPS) is 15.1. The van der Waals surface area contributed by atoms with Gasteiger partial charge in [-0.05, 0) is 79.5 Å². The van der Waals surface area contributed by atoms with Crippen LogP contribution in [0.1, 0.15) is 33.4 Å². The first-order chi connectivity index (χ1) is 27.7. The van der Waals surface area contributed by atoms with E-state index < -0.39 is 5.41 Å². The highest BCUT2D eigenvalue weighted by atomic mass is 32.2. The average Bonchev–Trinajstić information content (AvgIpc) is 3.42. The Kier molecular flexibility index (Phi) is 7.64. The molecule has 9 aromatic rings. The summed E-state index contributed by atoms with van der Waals surface area (Å²) in [4.78, 5) is 17.4. The van der Waals surface area contributed by atoms with Crippen LogP contribution in [0.15, 0.2) is 198 Å². The second kappa shape index (κ2) is 13.2. The zero-order valence-electron chi connectivity index (χ0n) is 30.3. The van der Waals surface area contributed by atoms with Gasteiger partial charge in [0.15, 0.2) is 5.82 Å². The van der Waals surface area contributed by atoms with E-state index in [1.165, 1.54) is 53.9 Å². The first-order valence-electron chi connectivity index (χ1n) is 18.9. The van der Waals surface area contributed by atoms with Crippen molar-refractivity contribution in [3.8, 4) is 45.0 Å². The maximum absolute atomic E-state index is 5.30. The van der Waals surface area contributed by atoms with Crippen LogP contribution in [0.25, 0.3) is 68.0 Å². The van der Waals surface area contributed by atoms with E-state index in [2.05, 4.69) is 169 Å². The lowest BCUT2D eigenvalue weighted by Crippen LogP contribution is -2.35. The van der Waals surface area contributed by atoms with Crippen molar-refractivity contribution in [2.45, 2.75) is 15.2 Å². The summed E-state index contributed by atoms with van der Waals surface area (Å²) in [6.07, 6.45) is 8.28. The summed E-state index contributed by atoms with van der Waals surface area (Å²) in [5.74, 6) is 0.695. The Morgan fingerprint density at radius 1 is 0.429 bits per heavy atom. The van der Waals surface area contributed by atoms with Gasteiger partial charge in [0.05, 0.1) is 16.8 Å². The van der Waals surface area contributed by atoms with Crippen molar-refractivity contribution in [2.24, 2.45) is 0 Å². The molecule has 262 valence electrons. The third kappa shape index (κ3) is 5.18. The minimum Gasteiger partial charge on any atom is -0.264 e. The van der Waals surface area contributed by atoms with Gasteiger partial charge in [-0.3, -0.25) is 4.98 Å². The number of aromatic nitrogens is 3. The lowest BCUT2D eigenvalue weighted by atomic mass is 9.63. The number of benzene rings is 7. The van der Waals surface area contributed by atoms with Gasteiger partial charge in [-0.2, -0.15) is 0 Å². The zero-order valence-corrected chi connectivity index (χ0v) is 31.1. The van der Waals surface area contributed by atoms with Gasteiger partial charge >= 0.3 is 0 Å². The number of hydrogen-bond donors (Lipinski definition) is 0. The van der Waals surface area contributed by atoms with Crippen molar-refractivity contribution in [1.82, 2.24) is 15.0 Å². The predicted molar refractivity (Wildman–Crippen MR) is 230 cm³/mol. The first-order valence-corrected chi connectivity index (χ1v) is 19.7. The van der Waals surface area contributed by atoms with Crippen LogP contribution in [0.3, 0.4) is 0 Å². The monoisotopic (exact) mass is 731 g/mol. The number of nitrogens with zero attached hydrogens (tertiary/aromatic N) is 3. The van der Waals surface area contributed by atoms with Gasteiger partial charge < -0.3 is 0 Å². The molecule has 7 aromatic carbocycles. The summed E-state index contributed by atoms with van der Waals surface area (Å²) < 4.78 is 0. The molecule has 0 amide bonds. The average molecular weight is 732 g/mol. The molecule has 11 rings (SSSR count). The molecule has 0 fully saturated rings. The molecule has 0 N–H and O–H groups in total. The standard InChI is InChI=1S/C52H33N3S/c1-2-13-39(14-3-1)51-54-47(38-25-20-34(21-26-38)41-15-10-30-53-33-41)32-48(55-51)40-27-24-37-23-22-36-12-5-7-17-43(36)52(46(37)31-40)44-18-8-9-19-49(44)56-50-42-16-6-4-11-35(42)28-29-45(50)52/h1-33H. The van der Waals surface area contributed by atoms with Crippen molar-refractivity contribution >= 4 is 34.7 Å². The van der Waals surface area contributed by atoms with E-state index in [4.69, 9.17) is 9.97 Å². The minimum atomic E-state index is -0.590. The summed E-state index contributed by atoms with van der Waals surface area (Å²) in [5, 5.41) is 2.52. The highest BCUT2D eigenvalue weighted by Crippen LogP contribution is 2.59. The second-order valence-corrected chi connectivity index (χ2v) is 15.4. The molecular formula is C52H33N3S. The third-order valence-electron chi connectivity index (χ3n) is 11.3. The molecule has 0 saturated heterocycles. The molecule has 3 heterocycles. The van der Waals surface area contributed by atoms with Crippen LogP contribution < -0.4 is 0 Å². The van der Waals surface area contributed by atoms with Crippen LogP contribution in [0, 0.1) is 0 Å². The number of fused-ring (bicyclic) bond motifs is 10. The molecule has 1 atom stereocenters. The van der Waals surface area contributed by atoms with Gasteiger partial charge in [-0.15, -0.1) is 0 Å². The van der Waals surface area contributed by atoms with E-state index in [9.17, 15) is 0 Å². The Labute approximate surface area is 330 Å². The Morgan fingerprint density at radius 3 is 1.95 bits per heavy atom. The summed E-state index contributed by atoms with van der Waals surface area (Å²) in [7, 11) is 0. The fraction of sp³-hybridized carbons (Fsp3) is 0.0192. The van der Waals surface area contributed by atoms with Crippen molar-refractivity contribution in [1.29, 1.82) is 0 Å². The number of hydrogen-bond acceptors (Lipinski definition) is 4. The maximum atomic E-state index is 5.30. The van der Waals surface area contributed by atoms with E-state index in [0.29, 0.717) is 5.82 Å². The molecule has 1 aliphatic heterocycles. The van der Waals surface area contributed by atoms with Crippen molar-refractivity contribution in [3.63, 3.8) is 0 Å². The van der Waals surface area contributed by atoms with Crippen LogP contribution >= 0.6 is 11.8 Å².